The molecule has 0 fully saturated rings. The number of aryl methyl sites for hydroxylation is 1. The molecule has 2 aromatic rings. The fourth-order valence-electron chi connectivity index (χ4n) is 1.68. The van der Waals surface area contributed by atoms with Crippen LogP contribution in [0.25, 0.3) is 0 Å². The van der Waals surface area contributed by atoms with E-state index in [9.17, 15) is 9.59 Å². The Morgan fingerprint density at radius 1 is 1.25 bits per heavy atom. The summed E-state index contributed by atoms with van der Waals surface area (Å²) in [7, 11) is 1.31. The van der Waals surface area contributed by atoms with Gasteiger partial charge in [-0.1, -0.05) is 12.1 Å². The van der Waals surface area contributed by atoms with Crippen molar-refractivity contribution < 1.29 is 14.3 Å². The van der Waals surface area contributed by atoms with E-state index in [1.54, 1.807) is 24.3 Å². The second-order valence-corrected chi connectivity index (χ2v) is 6.14. The summed E-state index contributed by atoms with van der Waals surface area (Å²) in [5.74, 6) is -0.735. The average molecular weight is 354 g/mol. The molecule has 0 aliphatic carbocycles. The molecule has 2 rings (SSSR count). The van der Waals surface area contributed by atoms with Crippen LogP contribution in [-0.2, 0) is 4.74 Å². The Balaban J connectivity index is 2.29. The molecule has 1 aromatic heterocycles. The number of benzene rings is 1. The van der Waals surface area contributed by atoms with Crippen molar-refractivity contribution >= 4 is 44.1 Å². The van der Waals surface area contributed by atoms with Gasteiger partial charge in [0.15, 0.2) is 0 Å². The fourth-order valence-corrected chi connectivity index (χ4v) is 3.04. The Morgan fingerprint density at radius 3 is 2.60 bits per heavy atom. The third-order valence-electron chi connectivity index (χ3n) is 2.61. The topological polar surface area (TPSA) is 55.4 Å². The number of halogens is 1. The van der Waals surface area contributed by atoms with Crippen LogP contribution in [0.3, 0.4) is 0 Å². The highest BCUT2D eigenvalue weighted by molar-refractivity contribution is 9.10. The largest absolute Gasteiger partial charge is 0.465 e. The van der Waals surface area contributed by atoms with E-state index in [0.29, 0.717) is 20.6 Å². The molecule has 0 unspecified atom stereocenters. The van der Waals surface area contributed by atoms with Gasteiger partial charge in [0.05, 0.1) is 18.2 Å². The highest BCUT2D eigenvalue weighted by Crippen LogP contribution is 2.29. The van der Waals surface area contributed by atoms with Gasteiger partial charge in [0.1, 0.15) is 5.00 Å². The molecule has 0 saturated heterocycles. The van der Waals surface area contributed by atoms with Crippen LogP contribution in [-0.4, -0.2) is 19.0 Å². The molecule has 0 saturated carbocycles. The van der Waals surface area contributed by atoms with Crippen molar-refractivity contribution in [2.24, 2.45) is 0 Å². The van der Waals surface area contributed by atoms with Crippen LogP contribution < -0.4 is 5.32 Å². The summed E-state index contributed by atoms with van der Waals surface area (Å²) < 4.78 is 5.41. The summed E-state index contributed by atoms with van der Waals surface area (Å²) in [6, 6.07) is 8.80. The van der Waals surface area contributed by atoms with Gasteiger partial charge in [-0.3, -0.25) is 4.79 Å². The lowest BCUT2D eigenvalue weighted by Crippen LogP contribution is -2.14. The number of hydrogen-bond donors (Lipinski definition) is 1. The lowest BCUT2D eigenvalue weighted by Gasteiger charge is -2.06. The molecule has 1 heterocycles. The molecule has 104 valence electrons. The van der Waals surface area contributed by atoms with Crippen LogP contribution in [0, 0.1) is 6.92 Å². The van der Waals surface area contributed by atoms with E-state index in [1.807, 2.05) is 13.0 Å². The maximum atomic E-state index is 12.2. The van der Waals surface area contributed by atoms with Crippen molar-refractivity contribution in [1.82, 2.24) is 0 Å². The number of amides is 1. The van der Waals surface area contributed by atoms with E-state index in [4.69, 9.17) is 4.74 Å². The number of carbonyl (C=O) groups excluding carboxylic acids is 2. The standard InChI is InChI=1S/C14H12BrNO3S/c1-8-7-10(14(18)19-2)13(20-8)16-12(17)9-5-3-4-6-11(9)15/h3-7H,1-2H3,(H,16,17). The van der Waals surface area contributed by atoms with Crippen molar-refractivity contribution in [3.05, 3.63) is 50.8 Å². The SMILES string of the molecule is COC(=O)c1cc(C)sc1NC(=O)c1ccccc1Br. The van der Waals surface area contributed by atoms with E-state index in [-0.39, 0.29) is 5.91 Å². The van der Waals surface area contributed by atoms with Crippen LogP contribution in [0.15, 0.2) is 34.8 Å². The summed E-state index contributed by atoms with van der Waals surface area (Å²) in [5.41, 5.74) is 0.879. The third kappa shape index (κ3) is 3.08. The minimum Gasteiger partial charge on any atom is -0.465 e. The predicted molar refractivity (Wildman–Crippen MR) is 82.5 cm³/mol. The number of carbonyl (C=O) groups is 2. The molecule has 4 nitrogen and oxygen atoms in total. The Labute approximate surface area is 128 Å². The lowest BCUT2D eigenvalue weighted by atomic mass is 10.2. The third-order valence-corrected chi connectivity index (χ3v) is 4.26. The van der Waals surface area contributed by atoms with Gasteiger partial charge < -0.3 is 10.1 Å². The quantitative estimate of drug-likeness (QED) is 0.852. The molecule has 1 aromatic carbocycles. The predicted octanol–water partition coefficient (Wildman–Crippen LogP) is 3.86. The molecule has 1 N–H and O–H groups in total. The van der Waals surface area contributed by atoms with Gasteiger partial charge in [-0.15, -0.1) is 11.3 Å². The van der Waals surface area contributed by atoms with E-state index in [2.05, 4.69) is 21.2 Å². The molecule has 0 radical (unpaired) electrons. The summed E-state index contributed by atoms with van der Waals surface area (Å²) in [4.78, 5) is 24.8. The Hall–Kier alpha value is -1.66. The molecule has 0 bridgehead atoms. The average Bonchev–Trinajstić information content (AvgIpc) is 2.79. The first-order valence-corrected chi connectivity index (χ1v) is 7.38. The van der Waals surface area contributed by atoms with Crippen molar-refractivity contribution in [2.75, 3.05) is 12.4 Å². The maximum Gasteiger partial charge on any atom is 0.340 e. The second-order valence-electron chi connectivity index (χ2n) is 4.03. The van der Waals surface area contributed by atoms with Crippen LogP contribution in [0.5, 0.6) is 0 Å². The maximum absolute atomic E-state index is 12.2. The van der Waals surface area contributed by atoms with Gasteiger partial charge >= 0.3 is 5.97 Å². The fraction of sp³-hybridized carbons (Fsp3) is 0.143. The number of rotatable bonds is 3. The number of thiophene rings is 1. The number of hydrogen-bond acceptors (Lipinski definition) is 4. The molecule has 0 spiro atoms. The summed E-state index contributed by atoms with van der Waals surface area (Å²) in [5, 5.41) is 3.25. The van der Waals surface area contributed by atoms with Gasteiger partial charge in [0, 0.05) is 9.35 Å². The van der Waals surface area contributed by atoms with Crippen molar-refractivity contribution in [3.8, 4) is 0 Å². The first-order chi connectivity index (χ1) is 9.52. The number of methoxy groups -OCH3 is 1. The molecule has 0 aliphatic heterocycles. The van der Waals surface area contributed by atoms with Crippen LogP contribution in [0.1, 0.15) is 25.6 Å². The monoisotopic (exact) mass is 353 g/mol. The minimum absolute atomic E-state index is 0.274. The first kappa shape index (κ1) is 14.7. The van der Waals surface area contributed by atoms with Gasteiger partial charge in [-0.2, -0.15) is 0 Å². The Kier molecular flexibility index (Phi) is 4.57. The summed E-state index contributed by atoms with van der Waals surface area (Å²) >= 11 is 4.67. The number of anilines is 1. The molecule has 6 heteroatoms. The van der Waals surface area contributed by atoms with E-state index in [1.165, 1.54) is 18.4 Å². The summed E-state index contributed by atoms with van der Waals surface area (Å²) in [6.45, 7) is 1.87. The highest BCUT2D eigenvalue weighted by Gasteiger charge is 2.18. The van der Waals surface area contributed by atoms with E-state index in [0.717, 1.165) is 4.88 Å². The Bertz CT molecular complexity index is 666. The first-order valence-electron chi connectivity index (χ1n) is 5.77. The zero-order chi connectivity index (χ0) is 14.7. The smallest absolute Gasteiger partial charge is 0.340 e. The zero-order valence-corrected chi connectivity index (χ0v) is 13.3. The van der Waals surface area contributed by atoms with Gasteiger partial charge in [0.2, 0.25) is 0 Å². The van der Waals surface area contributed by atoms with E-state index < -0.39 is 5.97 Å². The minimum atomic E-state index is -0.461. The normalized spacial score (nSPS) is 10.2. The molecule has 0 aliphatic rings. The molecule has 1 amide bonds. The second kappa shape index (κ2) is 6.19. The lowest BCUT2D eigenvalue weighted by molar-refractivity contribution is 0.0602. The van der Waals surface area contributed by atoms with Crippen molar-refractivity contribution in [1.29, 1.82) is 0 Å². The zero-order valence-electron chi connectivity index (χ0n) is 10.9. The number of ether oxygens (including phenoxy) is 1. The van der Waals surface area contributed by atoms with Crippen LogP contribution >= 0.6 is 27.3 Å². The summed E-state index contributed by atoms with van der Waals surface area (Å²) in [6.07, 6.45) is 0. The van der Waals surface area contributed by atoms with Crippen molar-refractivity contribution in [2.45, 2.75) is 6.92 Å². The molecule has 0 atom stereocenters. The van der Waals surface area contributed by atoms with Crippen LogP contribution in [0.2, 0.25) is 0 Å². The highest BCUT2D eigenvalue weighted by atomic mass is 79.9. The Morgan fingerprint density at radius 2 is 1.95 bits per heavy atom. The van der Waals surface area contributed by atoms with Crippen LogP contribution in [0.4, 0.5) is 5.00 Å². The number of esters is 1. The number of nitrogens with one attached hydrogen (secondary N) is 1. The molecular formula is C14H12BrNO3S. The van der Waals surface area contributed by atoms with Gasteiger partial charge in [-0.25, -0.2) is 4.79 Å². The molecular weight excluding hydrogens is 342 g/mol. The van der Waals surface area contributed by atoms with Gasteiger partial charge in [0.25, 0.3) is 5.91 Å². The van der Waals surface area contributed by atoms with Gasteiger partial charge in [-0.05, 0) is 41.1 Å². The van der Waals surface area contributed by atoms with E-state index >= 15 is 0 Å². The molecule has 20 heavy (non-hydrogen) atoms. The van der Waals surface area contributed by atoms with Crippen molar-refractivity contribution in [3.63, 3.8) is 0 Å².